The molecule has 2 N–H and O–H groups in total. The van der Waals surface area contributed by atoms with E-state index in [1.807, 2.05) is 6.07 Å². The van der Waals surface area contributed by atoms with Crippen LogP contribution in [0.5, 0.6) is 0 Å². The van der Waals surface area contributed by atoms with Crippen molar-refractivity contribution in [2.24, 2.45) is 0 Å². The predicted octanol–water partition coefficient (Wildman–Crippen LogP) is 2.70. The van der Waals surface area contributed by atoms with Gasteiger partial charge in [0.25, 0.3) is 0 Å². The van der Waals surface area contributed by atoms with Crippen molar-refractivity contribution < 1.29 is 4.74 Å². The summed E-state index contributed by atoms with van der Waals surface area (Å²) in [5, 5.41) is 1.49. The Morgan fingerprint density at radius 1 is 1.67 bits per heavy atom. The van der Waals surface area contributed by atoms with Gasteiger partial charge in [-0.3, -0.25) is 0 Å². The molecular formula is C10H13BrN2OS. The van der Waals surface area contributed by atoms with Gasteiger partial charge in [0.05, 0.1) is 22.5 Å². The zero-order valence-corrected chi connectivity index (χ0v) is 10.8. The Morgan fingerprint density at radius 2 is 2.47 bits per heavy atom. The lowest BCUT2D eigenvalue weighted by atomic mass is 10.3. The van der Waals surface area contributed by atoms with Crippen molar-refractivity contribution in [3.63, 3.8) is 0 Å². The summed E-state index contributed by atoms with van der Waals surface area (Å²) in [5.74, 6) is 0. The highest BCUT2D eigenvalue weighted by atomic mass is 79.9. The average Bonchev–Trinajstić information content (AvgIpc) is 2.57. The number of hydrogen-bond donors (Lipinski definition) is 1. The second-order valence-corrected chi connectivity index (χ2v) is 5.66. The fourth-order valence-electron chi connectivity index (χ4n) is 1.54. The fourth-order valence-corrected chi connectivity index (χ4v) is 3.24. The van der Waals surface area contributed by atoms with Crippen LogP contribution < -0.4 is 5.73 Å². The molecule has 0 spiro atoms. The van der Waals surface area contributed by atoms with Crippen molar-refractivity contribution in [2.75, 3.05) is 12.3 Å². The standard InChI is InChI=1S/C10H13BrN2OS/c1-6-9(2-3-14-6)15-10-8(11)4-7(12)5-13-10/h4-6,9H,2-3,12H2,1H3. The zero-order valence-electron chi connectivity index (χ0n) is 8.44. The van der Waals surface area contributed by atoms with E-state index in [9.17, 15) is 0 Å². The predicted molar refractivity (Wildman–Crippen MR) is 66.0 cm³/mol. The van der Waals surface area contributed by atoms with Crippen molar-refractivity contribution in [3.8, 4) is 0 Å². The van der Waals surface area contributed by atoms with Crippen LogP contribution >= 0.6 is 27.7 Å². The van der Waals surface area contributed by atoms with Gasteiger partial charge in [0.15, 0.2) is 0 Å². The van der Waals surface area contributed by atoms with Crippen molar-refractivity contribution in [3.05, 3.63) is 16.7 Å². The molecule has 0 radical (unpaired) electrons. The second kappa shape index (κ2) is 4.72. The van der Waals surface area contributed by atoms with Crippen LogP contribution in [-0.2, 0) is 4.74 Å². The third-order valence-corrected chi connectivity index (χ3v) is 4.74. The van der Waals surface area contributed by atoms with Gasteiger partial charge in [-0.1, -0.05) is 11.8 Å². The minimum absolute atomic E-state index is 0.307. The monoisotopic (exact) mass is 288 g/mol. The molecule has 15 heavy (non-hydrogen) atoms. The number of nitrogens with two attached hydrogens (primary N) is 1. The van der Waals surface area contributed by atoms with Crippen molar-refractivity contribution >= 4 is 33.4 Å². The summed E-state index contributed by atoms with van der Waals surface area (Å²) in [6, 6.07) is 1.88. The molecule has 2 rings (SSSR count). The number of hydrogen-bond acceptors (Lipinski definition) is 4. The third kappa shape index (κ3) is 2.65. The lowest BCUT2D eigenvalue weighted by molar-refractivity contribution is 0.127. The molecule has 2 atom stereocenters. The molecule has 0 aromatic carbocycles. The molecule has 1 fully saturated rings. The lowest BCUT2D eigenvalue weighted by Gasteiger charge is -2.13. The number of anilines is 1. The summed E-state index contributed by atoms with van der Waals surface area (Å²) in [6.07, 6.45) is 3.08. The molecule has 0 saturated carbocycles. The molecule has 2 unspecified atom stereocenters. The number of nitrogen functional groups attached to an aromatic ring is 1. The molecule has 5 heteroatoms. The van der Waals surface area contributed by atoms with Gasteiger partial charge in [-0.05, 0) is 35.3 Å². The summed E-state index contributed by atoms with van der Waals surface area (Å²) in [5.41, 5.74) is 6.32. The van der Waals surface area contributed by atoms with Gasteiger partial charge in [-0.25, -0.2) is 4.98 Å². The molecule has 1 aromatic rings. The summed E-state index contributed by atoms with van der Waals surface area (Å²) in [6.45, 7) is 2.96. The van der Waals surface area contributed by atoms with E-state index in [1.165, 1.54) is 0 Å². The van der Waals surface area contributed by atoms with Crippen molar-refractivity contribution in [1.82, 2.24) is 4.98 Å². The van der Waals surface area contributed by atoms with Gasteiger partial charge >= 0.3 is 0 Å². The smallest absolute Gasteiger partial charge is 0.111 e. The Balaban J connectivity index is 2.10. The molecule has 3 nitrogen and oxygen atoms in total. The van der Waals surface area contributed by atoms with E-state index in [4.69, 9.17) is 10.5 Å². The highest BCUT2D eigenvalue weighted by Gasteiger charge is 2.26. The van der Waals surface area contributed by atoms with Gasteiger partial charge in [0.1, 0.15) is 5.03 Å². The number of pyridine rings is 1. The first-order valence-electron chi connectivity index (χ1n) is 4.86. The number of aromatic nitrogens is 1. The van der Waals surface area contributed by atoms with Crippen LogP contribution in [-0.4, -0.2) is 22.9 Å². The number of thioether (sulfide) groups is 1. The molecule has 0 amide bonds. The second-order valence-electron chi connectivity index (χ2n) is 3.58. The van der Waals surface area contributed by atoms with Crippen LogP contribution in [0.1, 0.15) is 13.3 Å². The summed E-state index contributed by atoms with van der Waals surface area (Å²) in [4.78, 5) is 4.31. The molecule has 0 aliphatic carbocycles. The Kier molecular flexibility index (Phi) is 3.53. The minimum atomic E-state index is 0.307. The topological polar surface area (TPSA) is 48.1 Å². The Morgan fingerprint density at radius 3 is 3.07 bits per heavy atom. The Hall–Kier alpha value is -0.260. The molecule has 2 heterocycles. The normalized spacial score (nSPS) is 25.7. The van der Waals surface area contributed by atoms with Crippen LogP contribution in [0.3, 0.4) is 0 Å². The summed E-state index contributed by atoms with van der Waals surface area (Å²) >= 11 is 5.23. The number of halogens is 1. The van der Waals surface area contributed by atoms with Crippen LogP contribution in [0.4, 0.5) is 5.69 Å². The lowest BCUT2D eigenvalue weighted by Crippen LogP contribution is -2.13. The highest BCUT2D eigenvalue weighted by Crippen LogP contribution is 2.35. The Labute approximate surface area is 102 Å². The summed E-state index contributed by atoms with van der Waals surface area (Å²) < 4.78 is 6.48. The van der Waals surface area contributed by atoms with Gasteiger partial charge in [-0.2, -0.15) is 0 Å². The van der Waals surface area contributed by atoms with Gasteiger partial charge in [0.2, 0.25) is 0 Å². The fraction of sp³-hybridized carbons (Fsp3) is 0.500. The van der Waals surface area contributed by atoms with Crippen LogP contribution in [0.15, 0.2) is 21.8 Å². The number of rotatable bonds is 2. The molecule has 82 valence electrons. The van der Waals surface area contributed by atoms with E-state index in [0.717, 1.165) is 22.5 Å². The Bertz CT molecular complexity index is 361. The maximum absolute atomic E-state index is 5.64. The maximum Gasteiger partial charge on any atom is 0.111 e. The van der Waals surface area contributed by atoms with Crippen molar-refractivity contribution in [2.45, 2.75) is 29.7 Å². The highest BCUT2D eigenvalue weighted by molar-refractivity contribution is 9.10. The van der Waals surface area contributed by atoms with Crippen molar-refractivity contribution in [1.29, 1.82) is 0 Å². The van der Waals surface area contributed by atoms with E-state index >= 15 is 0 Å². The van der Waals surface area contributed by atoms with Gasteiger partial charge in [0, 0.05) is 11.9 Å². The molecular weight excluding hydrogens is 276 g/mol. The largest absolute Gasteiger partial charge is 0.397 e. The van der Waals surface area contributed by atoms with E-state index in [-0.39, 0.29) is 0 Å². The maximum atomic E-state index is 5.64. The third-order valence-electron chi connectivity index (χ3n) is 2.40. The minimum Gasteiger partial charge on any atom is -0.397 e. The molecule has 1 saturated heterocycles. The summed E-state index contributed by atoms with van der Waals surface area (Å²) in [7, 11) is 0. The molecule has 1 aromatic heterocycles. The number of nitrogens with zero attached hydrogens (tertiary/aromatic N) is 1. The molecule has 0 bridgehead atoms. The molecule has 1 aliphatic rings. The SMILES string of the molecule is CC1OCCC1Sc1ncc(N)cc1Br. The van der Waals surface area contributed by atoms with Crippen LogP contribution in [0.25, 0.3) is 0 Å². The van der Waals surface area contributed by atoms with Crippen LogP contribution in [0.2, 0.25) is 0 Å². The van der Waals surface area contributed by atoms with E-state index in [1.54, 1.807) is 18.0 Å². The molecule has 1 aliphatic heterocycles. The average molecular weight is 289 g/mol. The van der Waals surface area contributed by atoms with Gasteiger partial charge < -0.3 is 10.5 Å². The zero-order chi connectivity index (χ0) is 10.8. The quantitative estimate of drug-likeness (QED) is 0.909. The van der Waals surface area contributed by atoms with E-state index < -0.39 is 0 Å². The number of ether oxygens (including phenoxy) is 1. The van der Waals surface area contributed by atoms with E-state index in [2.05, 4.69) is 27.8 Å². The first-order valence-corrected chi connectivity index (χ1v) is 6.53. The first-order chi connectivity index (χ1) is 7.16. The first kappa shape index (κ1) is 11.2. The van der Waals surface area contributed by atoms with E-state index in [0.29, 0.717) is 17.0 Å². The van der Waals surface area contributed by atoms with Gasteiger partial charge in [-0.15, -0.1) is 0 Å². The van der Waals surface area contributed by atoms with Crippen LogP contribution in [0, 0.1) is 0 Å².